The maximum Gasteiger partial charge on any atom is 0.267 e. The number of rotatable bonds is 7. The van der Waals surface area contributed by atoms with Gasteiger partial charge in [-0.15, -0.1) is 0 Å². The Morgan fingerprint density at radius 1 is 1.12 bits per heavy atom. The molecule has 2 aromatic carbocycles. The molecule has 0 spiro atoms. The van der Waals surface area contributed by atoms with E-state index in [-0.39, 0.29) is 12.0 Å². The quantitative estimate of drug-likeness (QED) is 0.675. The SMILES string of the molecule is COc1ccc2cc(C(=O)NCc3ccccc3COC(C)C)[nH]c2c1. The molecule has 1 heterocycles. The fourth-order valence-corrected chi connectivity index (χ4v) is 2.75. The van der Waals surface area contributed by atoms with E-state index in [1.54, 1.807) is 7.11 Å². The van der Waals surface area contributed by atoms with Gasteiger partial charge in [-0.3, -0.25) is 4.79 Å². The number of aromatic nitrogens is 1. The van der Waals surface area contributed by atoms with Crippen LogP contribution in [0.15, 0.2) is 48.5 Å². The zero-order valence-corrected chi connectivity index (χ0v) is 15.3. The first-order chi connectivity index (χ1) is 12.6. The van der Waals surface area contributed by atoms with Crippen molar-refractivity contribution < 1.29 is 14.3 Å². The first-order valence-corrected chi connectivity index (χ1v) is 8.70. The number of nitrogens with one attached hydrogen (secondary N) is 2. The molecule has 136 valence electrons. The minimum atomic E-state index is -0.139. The van der Waals surface area contributed by atoms with Gasteiger partial charge in [-0.05, 0) is 43.2 Å². The standard InChI is InChI=1S/C21H24N2O3/c1-14(2)26-13-17-7-5-4-6-16(17)12-22-21(24)20-10-15-8-9-18(25-3)11-19(15)23-20/h4-11,14,23H,12-13H2,1-3H3,(H,22,24). The van der Waals surface area contributed by atoms with Crippen molar-refractivity contribution in [2.24, 2.45) is 0 Å². The van der Waals surface area contributed by atoms with Gasteiger partial charge in [-0.2, -0.15) is 0 Å². The van der Waals surface area contributed by atoms with Crippen molar-refractivity contribution in [1.29, 1.82) is 0 Å². The van der Waals surface area contributed by atoms with Crippen LogP contribution < -0.4 is 10.1 Å². The van der Waals surface area contributed by atoms with Gasteiger partial charge in [0, 0.05) is 23.5 Å². The van der Waals surface area contributed by atoms with Crippen LogP contribution in [-0.2, 0) is 17.9 Å². The number of ether oxygens (including phenoxy) is 2. The highest BCUT2D eigenvalue weighted by atomic mass is 16.5. The second-order valence-electron chi connectivity index (χ2n) is 6.45. The summed E-state index contributed by atoms with van der Waals surface area (Å²) in [6.07, 6.45) is 0.168. The third-order valence-corrected chi connectivity index (χ3v) is 4.20. The first-order valence-electron chi connectivity index (χ1n) is 8.70. The van der Waals surface area contributed by atoms with E-state index in [1.807, 2.05) is 62.4 Å². The van der Waals surface area contributed by atoms with Crippen LogP contribution in [0.2, 0.25) is 0 Å². The summed E-state index contributed by atoms with van der Waals surface area (Å²) in [7, 11) is 1.62. The van der Waals surface area contributed by atoms with Crippen molar-refractivity contribution in [2.45, 2.75) is 33.1 Å². The lowest BCUT2D eigenvalue weighted by Gasteiger charge is -2.12. The molecule has 26 heavy (non-hydrogen) atoms. The normalized spacial score (nSPS) is 11.1. The number of amides is 1. The van der Waals surface area contributed by atoms with E-state index in [2.05, 4.69) is 10.3 Å². The van der Waals surface area contributed by atoms with Crippen molar-refractivity contribution >= 4 is 16.8 Å². The van der Waals surface area contributed by atoms with Gasteiger partial charge in [0.05, 0.1) is 19.8 Å². The lowest BCUT2D eigenvalue weighted by molar-refractivity contribution is 0.0651. The summed E-state index contributed by atoms with van der Waals surface area (Å²) < 4.78 is 10.9. The van der Waals surface area contributed by atoms with Gasteiger partial charge in [-0.25, -0.2) is 0 Å². The van der Waals surface area contributed by atoms with Gasteiger partial charge >= 0.3 is 0 Å². The number of hydrogen-bond acceptors (Lipinski definition) is 3. The van der Waals surface area contributed by atoms with Crippen molar-refractivity contribution in [3.05, 3.63) is 65.4 Å². The minimum absolute atomic E-state index is 0.139. The summed E-state index contributed by atoms with van der Waals surface area (Å²) in [5, 5.41) is 3.95. The number of benzene rings is 2. The fourth-order valence-electron chi connectivity index (χ4n) is 2.75. The van der Waals surface area contributed by atoms with E-state index in [4.69, 9.17) is 9.47 Å². The molecule has 3 aromatic rings. The summed E-state index contributed by atoms with van der Waals surface area (Å²) in [5.41, 5.74) is 3.55. The van der Waals surface area contributed by atoms with Gasteiger partial charge < -0.3 is 19.8 Å². The van der Waals surface area contributed by atoms with E-state index >= 15 is 0 Å². The van der Waals surface area contributed by atoms with E-state index in [1.165, 1.54) is 0 Å². The lowest BCUT2D eigenvalue weighted by atomic mass is 10.1. The monoisotopic (exact) mass is 352 g/mol. The Bertz CT molecular complexity index is 899. The van der Waals surface area contributed by atoms with Gasteiger partial charge in [0.2, 0.25) is 0 Å². The molecule has 3 rings (SSSR count). The van der Waals surface area contributed by atoms with E-state index < -0.39 is 0 Å². The second-order valence-corrected chi connectivity index (χ2v) is 6.45. The van der Waals surface area contributed by atoms with Crippen LogP contribution in [0, 0.1) is 0 Å². The number of aromatic amines is 1. The zero-order valence-electron chi connectivity index (χ0n) is 15.3. The van der Waals surface area contributed by atoms with E-state index in [0.717, 1.165) is 27.8 Å². The van der Waals surface area contributed by atoms with Crippen LogP contribution in [-0.4, -0.2) is 24.1 Å². The van der Waals surface area contributed by atoms with Crippen LogP contribution >= 0.6 is 0 Å². The Morgan fingerprint density at radius 2 is 1.88 bits per heavy atom. The average Bonchev–Trinajstić information content (AvgIpc) is 3.08. The Kier molecular flexibility index (Phi) is 5.58. The van der Waals surface area contributed by atoms with Crippen LogP contribution in [0.1, 0.15) is 35.5 Å². The maximum atomic E-state index is 12.5. The lowest BCUT2D eigenvalue weighted by Crippen LogP contribution is -2.23. The van der Waals surface area contributed by atoms with Gasteiger partial charge in [0.25, 0.3) is 5.91 Å². The van der Waals surface area contributed by atoms with Crippen molar-refractivity contribution in [2.75, 3.05) is 7.11 Å². The molecule has 0 aliphatic rings. The highest BCUT2D eigenvalue weighted by Gasteiger charge is 2.11. The Labute approximate surface area is 153 Å². The van der Waals surface area contributed by atoms with Crippen LogP contribution in [0.3, 0.4) is 0 Å². The minimum Gasteiger partial charge on any atom is -0.497 e. The zero-order chi connectivity index (χ0) is 18.5. The molecular formula is C21H24N2O3. The van der Waals surface area contributed by atoms with E-state index in [0.29, 0.717) is 18.8 Å². The highest BCUT2D eigenvalue weighted by molar-refractivity contribution is 5.98. The molecule has 0 aliphatic heterocycles. The molecule has 1 aromatic heterocycles. The van der Waals surface area contributed by atoms with Gasteiger partial charge in [-0.1, -0.05) is 24.3 Å². The number of fused-ring (bicyclic) bond motifs is 1. The number of carbonyl (C=O) groups is 1. The molecule has 0 fully saturated rings. The third kappa shape index (κ3) is 4.24. The molecule has 0 bridgehead atoms. The van der Waals surface area contributed by atoms with Gasteiger partial charge in [0.1, 0.15) is 11.4 Å². The average molecular weight is 352 g/mol. The second kappa shape index (κ2) is 8.06. The largest absolute Gasteiger partial charge is 0.497 e. The predicted octanol–water partition coefficient (Wildman–Crippen LogP) is 4.03. The molecule has 0 saturated heterocycles. The molecule has 5 heteroatoms. The van der Waals surface area contributed by atoms with Crippen molar-refractivity contribution in [3.63, 3.8) is 0 Å². The molecular weight excluding hydrogens is 328 g/mol. The number of methoxy groups -OCH3 is 1. The number of H-pyrrole nitrogens is 1. The van der Waals surface area contributed by atoms with Crippen LogP contribution in [0.5, 0.6) is 5.75 Å². The third-order valence-electron chi connectivity index (χ3n) is 4.20. The predicted molar refractivity (Wildman–Crippen MR) is 102 cm³/mol. The summed E-state index contributed by atoms with van der Waals surface area (Å²) in [4.78, 5) is 15.7. The summed E-state index contributed by atoms with van der Waals surface area (Å²) in [6, 6.07) is 15.5. The molecule has 0 saturated carbocycles. The molecule has 2 N–H and O–H groups in total. The van der Waals surface area contributed by atoms with Crippen LogP contribution in [0.25, 0.3) is 10.9 Å². The highest BCUT2D eigenvalue weighted by Crippen LogP contribution is 2.21. The fraction of sp³-hybridized carbons (Fsp3) is 0.286. The maximum absolute atomic E-state index is 12.5. The summed E-state index contributed by atoms with van der Waals surface area (Å²) >= 11 is 0. The van der Waals surface area contributed by atoms with Crippen LogP contribution in [0.4, 0.5) is 0 Å². The number of hydrogen-bond donors (Lipinski definition) is 2. The molecule has 0 aliphatic carbocycles. The summed E-state index contributed by atoms with van der Waals surface area (Å²) in [6.45, 7) is 5.01. The van der Waals surface area contributed by atoms with E-state index in [9.17, 15) is 4.79 Å². The Hall–Kier alpha value is -2.79. The molecule has 0 atom stereocenters. The van der Waals surface area contributed by atoms with Crippen molar-refractivity contribution in [1.82, 2.24) is 10.3 Å². The summed E-state index contributed by atoms with van der Waals surface area (Å²) in [5.74, 6) is 0.616. The molecule has 0 unspecified atom stereocenters. The van der Waals surface area contributed by atoms with Crippen molar-refractivity contribution in [3.8, 4) is 5.75 Å². The molecule has 5 nitrogen and oxygen atoms in total. The molecule has 0 radical (unpaired) electrons. The Balaban J connectivity index is 1.69. The molecule has 1 amide bonds. The smallest absolute Gasteiger partial charge is 0.267 e. The Morgan fingerprint density at radius 3 is 2.62 bits per heavy atom. The van der Waals surface area contributed by atoms with Gasteiger partial charge in [0.15, 0.2) is 0 Å². The number of carbonyl (C=O) groups excluding carboxylic acids is 1. The first kappa shape index (κ1) is 18.0. The topological polar surface area (TPSA) is 63.4 Å².